The van der Waals surface area contributed by atoms with E-state index in [1.807, 2.05) is 36.2 Å². The molecule has 18 heavy (non-hydrogen) atoms. The van der Waals surface area contributed by atoms with Gasteiger partial charge in [0.15, 0.2) is 0 Å². The first-order valence-corrected chi connectivity index (χ1v) is 5.28. The summed E-state index contributed by atoms with van der Waals surface area (Å²) in [5.41, 5.74) is 1.07. The van der Waals surface area contributed by atoms with E-state index >= 15 is 0 Å². The maximum atomic E-state index is 12.4. The van der Waals surface area contributed by atoms with Crippen LogP contribution in [-0.2, 0) is 6.18 Å². The predicted molar refractivity (Wildman–Crippen MR) is 63.4 cm³/mol. The second kappa shape index (κ2) is 4.36. The van der Waals surface area contributed by atoms with E-state index in [9.17, 15) is 13.2 Å². The van der Waals surface area contributed by atoms with E-state index < -0.39 is 11.9 Å². The molecule has 6 heteroatoms. The number of nitrogens with one attached hydrogen (secondary N) is 1. The quantitative estimate of drug-likeness (QED) is 0.893. The summed E-state index contributed by atoms with van der Waals surface area (Å²) in [6, 6.07) is 8.15. The Hall–Kier alpha value is -1.98. The fourth-order valence-corrected chi connectivity index (χ4v) is 1.55. The first-order valence-electron chi connectivity index (χ1n) is 5.28. The first-order chi connectivity index (χ1) is 8.38. The van der Waals surface area contributed by atoms with Crippen molar-refractivity contribution in [3.63, 3.8) is 0 Å². The third-order valence-corrected chi connectivity index (χ3v) is 2.56. The number of nitrogens with zero attached hydrogens (tertiary/aromatic N) is 2. The number of aromatic amines is 1. The van der Waals surface area contributed by atoms with E-state index in [0.29, 0.717) is 5.56 Å². The van der Waals surface area contributed by atoms with Gasteiger partial charge in [0.05, 0.1) is 5.69 Å². The molecule has 0 spiro atoms. The average Bonchev–Trinajstić information content (AvgIpc) is 2.78. The molecule has 96 valence electrons. The molecule has 0 aliphatic carbocycles. The van der Waals surface area contributed by atoms with Gasteiger partial charge in [-0.15, -0.1) is 0 Å². The van der Waals surface area contributed by atoms with Gasteiger partial charge in [0.2, 0.25) is 0 Å². The lowest BCUT2D eigenvalue weighted by Crippen LogP contribution is -2.07. The summed E-state index contributed by atoms with van der Waals surface area (Å²) in [7, 11) is 3.79. The minimum absolute atomic E-state index is 0.285. The summed E-state index contributed by atoms with van der Waals surface area (Å²) >= 11 is 0. The van der Waals surface area contributed by atoms with Crippen LogP contribution in [0.1, 0.15) is 5.69 Å². The van der Waals surface area contributed by atoms with Gasteiger partial charge in [0.1, 0.15) is 5.69 Å². The molecule has 2 aromatic rings. The number of rotatable bonds is 2. The summed E-state index contributed by atoms with van der Waals surface area (Å²) in [5.74, 6) is 0. The molecule has 0 aliphatic heterocycles. The van der Waals surface area contributed by atoms with E-state index in [0.717, 1.165) is 11.8 Å². The molecule has 1 aromatic heterocycles. The Morgan fingerprint density at radius 2 is 1.72 bits per heavy atom. The second-order valence-corrected chi connectivity index (χ2v) is 4.11. The molecule has 0 bridgehead atoms. The summed E-state index contributed by atoms with van der Waals surface area (Å²) in [6.45, 7) is 0. The number of aromatic nitrogens is 2. The van der Waals surface area contributed by atoms with Gasteiger partial charge in [-0.2, -0.15) is 18.3 Å². The van der Waals surface area contributed by atoms with Crippen LogP contribution < -0.4 is 4.90 Å². The Bertz CT molecular complexity index is 526. The van der Waals surface area contributed by atoms with Crippen molar-refractivity contribution < 1.29 is 13.2 Å². The van der Waals surface area contributed by atoms with Crippen molar-refractivity contribution >= 4 is 5.69 Å². The fourth-order valence-electron chi connectivity index (χ4n) is 1.55. The monoisotopic (exact) mass is 255 g/mol. The average molecular weight is 255 g/mol. The zero-order valence-electron chi connectivity index (χ0n) is 9.92. The molecule has 0 atom stereocenters. The number of halogens is 3. The lowest BCUT2D eigenvalue weighted by molar-refractivity contribution is -0.141. The highest BCUT2D eigenvalue weighted by atomic mass is 19.4. The van der Waals surface area contributed by atoms with Crippen LogP contribution in [0.3, 0.4) is 0 Å². The number of H-pyrrole nitrogens is 1. The molecule has 0 saturated heterocycles. The Morgan fingerprint density at radius 1 is 1.11 bits per heavy atom. The van der Waals surface area contributed by atoms with Crippen molar-refractivity contribution in [1.29, 1.82) is 0 Å². The fraction of sp³-hybridized carbons (Fsp3) is 0.250. The molecule has 0 fully saturated rings. The van der Waals surface area contributed by atoms with Crippen LogP contribution in [0, 0.1) is 0 Å². The topological polar surface area (TPSA) is 31.9 Å². The van der Waals surface area contributed by atoms with Crippen LogP contribution in [0.2, 0.25) is 0 Å². The molecular weight excluding hydrogens is 243 g/mol. The lowest BCUT2D eigenvalue weighted by Gasteiger charge is -2.12. The number of hydrogen-bond donors (Lipinski definition) is 1. The van der Waals surface area contributed by atoms with Gasteiger partial charge in [-0.3, -0.25) is 5.10 Å². The summed E-state index contributed by atoms with van der Waals surface area (Å²) in [4.78, 5) is 1.91. The summed E-state index contributed by atoms with van der Waals surface area (Å²) in [6.07, 6.45) is -4.39. The van der Waals surface area contributed by atoms with E-state index in [1.165, 1.54) is 0 Å². The van der Waals surface area contributed by atoms with Crippen LogP contribution in [0.5, 0.6) is 0 Å². The van der Waals surface area contributed by atoms with E-state index in [-0.39, 0.29) is 5.69 Å². The molecule has 3 nitrogen and oxygen atoms in total. The summed E-state index contributed by atoms with van der Waals surface area (Å²) < 4.78 is 37.2. The van der Waals surface area contributed by atoms with Crippen molar-refractivity contribution in [1.82, 2.24) is 10.2 Å². The third-order valence-electron chi connectivity index (χ3n) is 2.56. The zero-order chi connectivity index (χ0) is 13.3. The molecule has 0 unspecified atom stereocenters. The number of alkyl halides is 3. The van der Waals surface area contributed by atoms with E-state index in [1.54, 1.807) is 12.1 Å². The normalized spacial score (nSPS) is 11.6. The minimum atomic E-state index is -4.39. The Labute approximate surface area is 102 Å². The maximum Gasteiger partial charge on any atom is 0.432 e. The standard InChI is InChI=1S/C12H12F3N3/c1-18(2)9-5-3-8(4-6-9)10-7-11(17-16-10)12(13,14)15/h3-7H,1-2H3,(H,16,17). The smallest absolute Gasteiger partial charge is 0.378 e. The second-order valence-electron chi connectivity index (χ2n) is 4.11. The zero-order valence-corrected chi connectivity index (χ0v) is 9.92. The van der Waals surface area contributed by atoms with Crippen molar-refractivity contribution in [3.05, 3.63) is 36.0 Å². The molecule has 0 radical (unpaired) electrons. The molecule has 1 N–H and O–H groups in total. The van der Waals surface area contributed by atoms with Crippen LogP contribution in [0.4, 0.5) is 18.9 Å². The number of benzene rings is 1. The largest absolute Gasteiger partial charge is 0.432 e. The maximum absolute atomic E-state index is 12.4. The van der Waals surface area contributed by atoms with Gasteiger partial charge >= 0.3 is 6.18 Å². The van der Waals surface area contributed by atoms with Gasteiger partial charge in [0, 0.05) is 25.3 Å². The highest BCUT2D eigenvalue weighted by molar-refractivity contribution is 5.63. The van der Waals surface area contributed by atoms with Gasteiger partial charge in [0.25, 0.3) is 0 Å². The highest BCUT2D eigenvalue weighted by Gasteiger charge is 2.33. The number of hydrogen-bond acceptors (Lipinski definition) is 2. The Morgan fingerprint density at radius 3 is 2.17 bits per heavy atom. The van der Waals surface area contributed by atoms with Crippen molar-refractivity contribution in [3.8, 4) is 11.3 Å². The molecule has 0 aliphatic rings. The van der Waals surface area contributed by atoms with Gasteiger partial charge in [-0.05, 0) is 18.2 Å². The van der Waals surface area contributed by atoms with E-state index in [4.69, 9.17) is 0 Å². The molecule has 0 amide bonds. The van der Waals surface area contributed by atoms with Crippen LogP contribution in [0.15, 0.2) is 30.3 Å². The van der Waals surface area contributed by atoms with Crippen molar-refractivity contribution in [2.24, 2.45) is 0 Å². The third kappa shape index (κ3) is 2.47. The number of anilines is 1. The first kappa shape index (κ1) is 12.5. The molecule has 1 heterocycles. The molecule has 0 saturated carbocycles. The lowest BCUT2D eigenvalue weighted by atomic mass is 10.1. The van der Waals surface area contributed by atoms with Gasteiger partial charge < -0.3 is 4.90 Å². The molecular formula is C12H12F3N3. The van der Waals surface area contributed by atoms with Gasteiger partial charge in [-0.1, -0.05) is 12.1 Å². The van der Waals surface area contributed by atoms with E-state index in [2.05, 4.69) is 5.10 Å². The van der Waals surface area contributed by atoms with Crippen LogP contribution >= 0.6 is 0 Å². The van der Waals surface area contributed by atoms with Crippen molar-refractivity contribution in [2.75, 3.05) is 19.0 Å². The predicted octanol–water partition coefficient (Wildman–Crippen LogP) is 3.16. The molecule has 1 aromatic carbocycles. The Kier molecular flexibility index (Phi) is 3.02. The van der Waals surface area contributed by atoms with Gasteiger partial charge in [-0.25, -0.2) is 0 Å². The SMILES string of the molecule is CN(C)c1ccc(-c2cc(C(F)(F)F)[nH]n2)cc1. The Balaban J connectivity index is 2.29. The minimum Gasteiger partial charge on any atom is -0.378 e. The summed E-state index contributed by atoms with van der Waals surface area (Å²) in [5, 5.41) is 5.66. The van der Waals surface area contributed by atoms with Crippen LogP contribution in [-0.4, -0.2) is 24.3 Å². The van der Waals surface area contributed by atoms with Crippen LogP contribution in [0.25, 0.3) is 11.3 Å². The highest BCUT2D eigenvalue weighted by Crippen LogP contribution is 2.30. The van der Waals surface area contributed by atoms with Crippen molar-refractivity contribution in [2.45, 2.75) is 6.18 Å². The molecule has 2 rings (SSSR count).